The number of hydrogen-bond acceptors (Lipinski definition) is 2. The minimum Gasteiger partial charge on any atom is -0.269 e. The Morgan fingerprint density at radius 3 is 2.33 bits per heavy atom. The van der Waals surface area contributed by atoms with Crippen molar-refractivity contribution in [2.75, 3.05) is 6.54 Å². The molecule has 1 rings (SSSR count). The van der Waals surface area contributed by atoms with E-state index in [2.05, 4.69) is 13.8 Å². The molecule has 0 saturated heterocycles. The summed E-state index contributed by atoms with van der Waals surface area (Å²) in [4.78, 5) is 0. The molecule has 72 valence electrons. The molecule has 0 unspecified atom stereocenters. The van der Waals surface area contributed by atoms with Gasteiger partial charge in [0.1, 0.15) is 0 Å². The molecule has 0 bridgehead atoms. The van der Waals surface area contributed by atoms with Gasteiger partial charge in [0.2, 0.25) is 0 Å². The highest BCUT2D eigenvalue weighted by Gasteiger charge is 2.16. The zero-order valence-electron chi connectivity index (χ0n) is 8.42. The third-order valence-corrected chi connectivity index (χ3v) is 2.86. The molecule has 12 heavy (non-hydrogen) atoms. The van der Waals surface area contributed by atoms with Crippen LogP contribution in [0.1, 0.15) is 46.0 Å². The number of nitrogens with zero attached hydrogens (tertiary/aromatic N) is 1. The van der Waals surface area contributed by atoms with Crippen molar-refractivity contribution in [2.24, 2.45) is 11.8 Å². The molecule has 1 fully saturated rings. The Labute approximate surface area is 76.1 Å². The lowest BCUT2D eigenvalue weighted by atomic mass is 9.89. The van der Waals surface area contributed by atoms with Crippen molar-refractivity contribution >= 4 is 0 Å². The number of rotatable bonds is 3. The van der Waals surface area contributed by atoms with Gasteiger partial charge in [-0.3, -0.25) is 5.84 Å². The molecule has 0 atom stereocenters. The average molecular weight is 170 g/mol. The normalized spacial score (nSPS) is 20.8. The van der Waals surface area contributed by atoms with Gasteiger partial charge in [-0.15, -0.1) is 0 Å². The van der Waals surface area contributed by atoms with Crippen molar-refractivity contribution in [2.45, 2.75) is 52.0 Å². The van der Waals surface area contributed by atoms with Gasteiger partial charge in [0.05, 0.1) is 0 Å². The van der Waals surface area contributed by atoms with E-state index in [9.17, 15) is 0 Å². The lowest BCUT2D eigenvalue weighted by molar-refractivity contribution is 0.168. The van der Waals surface area contributed by atoms with Crippen molar-refractivity contribution in [3.63, 3.8) is 0 Å². The zero-order chi connectivity index (χ0) is 8.97. The van der Waals surface area contributed by atoms with E-state index in [1.165, 1.54) is 32.1 Å². The minimum absolute atomic E-state index is 0.493. The van der Waals surface area contributed by atoms with Crippen LogP contribution < -0.4 is 5.84 Å². The number of hydrazine groups is 1. The minimum atomic E-state index is 0.493. The zero-order valence-corrected chi connectivity index (χ0v) is 8.42. The molecule has 0 amide bonds. The second-order valence-electron chi connectivity index (χ2n) is 4.29. The Balaban J connectivity index is 2.20. The van der Waals surface area contributed by atoms with Gasteiger partial charge in [0, 0.05) is 12.6 Å². The second-order valence-corrected chi connectivity index (χ2v) is 4.29. The Morgan fingerprint density at radius 1 is 1.25 bits per heavy atom. The van der Waals surface area contributed by atoms with Crippen molar-refractivity contribution in [1.82, 2.24) is 5.01 Å². The molecule has 0 heterocycles. The smallest absolute Gasteiger partial charge is 0.0184 e. The summed E-state index contributed by atoms with van der Waals surface area (Å²) >= 11 is 0. The van der Waals surface area contributed by atoms with Crippen LogP contribution in [-0.2, 0) is 0 Å². The van der Waals surface area contributed by atoms with Gasteiger partial charge in [-0.2, -0.15) is 0 Å². The van der Waals surface area contributed by atoms with Crippen LogP contribution in [0.2, 0.25) is 0 Å². The fourth-order valence-electron chi connectivity index (χ4n) is 1.88. The van der Waals surface area contributed by atoms with Crippen LogP contribution >= 0.6 is 0 Å². The Bertz CT molecular complexity index is 117. The van der Waals surface area contributed by atoms with E-state index in [0.29, 0.717) is 6.04 Å². The van der Waals surface area contributed by atoms with E-state index in [1.54, 1.807) is 0 Å². The summed E-state index contributed by atoms with van der Waals surface area (Å²) in [5.74, 6) is 6.75. The van der Waals surface area contributed by atoms with Crippen molar-refractivity contribution in [3.8, 4) is 0 Å². The van der Waals surface area contributed by atoms with Crippen molar-refractivity contribution < 1.29 is 0 Å². The fraction of sp³-hybridized carbons (Fsp3) is 1.00. The number of hydrogen-bond donors (Lipinski definition) is 1. The topological polar surface area (TPSA) is 29.3 Å². The van der Waals surface area contributed by atoms with E-state index in [0.717, 1.165) is 12.5 Å². The molecule has 1 saturated carbocycles. The van der Waals surface area contributed by atoms with Gasteiger partial charge in [0.15, 0.2) is 0 Å². The first-order valence-electron chi connectivity index (χ1n) is 5.21. The van der Waals surface area contributed by atoms with Crippen LogP contribution in [0.15, 0.2) is 0 Å². The summed E-state index contributed by atoms with van der Waals surface area (Å²) in [6, 6.07) is 0.493. The predicted octanol–water partition coefficient (Wildman–Crippen LogP) is 2.15. The first-order valence-corrected chi connectivity index (χ1v) is 5.21. The van der Waals surface area contributed by atoms with E-state index >= 15 is 0 Å². The molecule has 1 aliphatic rings. The molecular weight excluding hydrogens is 148 g/mol. The third kappa shape index (κ3) is 3.11. The molecule has 0 aromatic heterocycles. The molecule has 2 heteroatoms. The summed E-state index contributed by atoms with van der Waals surface area (Å²) in [6.07, 6.45) is 7.04. The summed E-state index contributed by atoms with van der Waals surface area (Å²) in [7, 11) is 0. The summed E-state index contributed by atoms with van der Waals surface area (Å²) < 4.78 is 0. The SMILES string of the molecule is CC(C)N(N)CC1CCCCC1. The average Bonchev–Trinajstić information content (AvgIpc) is 2.06. The van der Waals surface area contributed by atoms with Gasteiger partial charge in [-0.05, 0) is 32.6 Å². The summed E-state index contributed by atoms with van der Waals surface area (Å²) in [6.45, 7) is 5.41. The lowest BCUT2D eigenvalue weighted by Crippen LogP contribution is -2.41. The third-order valence-electron chi connectivity index (χ3n) is 2.86. The van der Waals surface area contributed by atoms with Crippen LogP contribution in [0.3, 0.4) is 0 Å². The highest BCUT2D eigenvalue weighted by atomic mass is 15.4. The summed E-state index contributed by atoms with van der Waals surface area (Å²) in [5.41, 5.74) is 0. The maximum Gasteiger partial charge on any atom is 0.0184 e. The maximum atomic E-state index is 5.88. The van der Waals surface area contributed by atoms with Crippen molar-refractivity contribution in [1.29, 1.82) is 0 Å². The van der Waals surface area contributed by atoms with Gasteiger partial charge < -0.3 is 0 Å². The van der Waals surface area contributed by atoms with Gasteiger partial charge in [-0.25, -0.2) is 5.01 Å². The maximum absolute atomic E-state index is 5.88. The van der Waals surface area contributed by atoms with Crippen LogP contribution in [-0.4, -0.2) is 17.6 Å². The van der Waals surface area contributed by atoms with E-state index in [4.69, 9.17) is 5.84 Å². The first-order chi connectivity index (χ1) is 5.70. The molecule has 2 nitrogen and oxygen atoms in total. The van der Waals surface area contributed by atoms with Gasteiger partial charge in [0.25, 0.3) is 0 Å². The van der Waals surface area contributed by atoms with E-state index in [1.807, 2.05) is 5.01 Å². The molecule has 2 N–H and O–H groups in total. The van der Waals surface area contributed by atoms with Crippen molar-refractivity contribution in [3.05, 3.63) is 0 Å². The van der Waals surface area contributed by atoms with Gasteiger partial charge >= 0.3 is 0 Å². The van der Waals surface area contributed by atoms with Crippen LogP contribution in [0.25, 0.3) is 0 Å². The molecule has 0 aliphatic heterocycles. The van der Waals surface area contributed by atoms with E-state index in [-0.39, 0.29) is 0 Å². The highest BCUT2D eigenvalue weighted by Crippen LogP contribution is 2.23. The quantitative estimate of drug-likeness (QED) is 0.519. The first kappa shape index (κ1) is 10.0. The van der Waals surface area contributed by atoms with Crippen LogP contribution in [0.5, 0.6) is 0 Å². The molecule has 1 aliphatic carbocycles. The van der Waals surface area contributed by atoms with E-state index < -0.39 is 0 Å². The molecule has 0 radical (unpaired) electrons. The summed E-state index contributed by atoms with van der Waals surface area (Å²) in [5, 5.41) is 1.98. The monoisotopic (exact) mass is 170 g/mol. The van der Waals surface area contributed by atoms with Gasteiger partial charge in [-0.1, -0.05) is 19.3 Å². The largest absolute Gasteiger partial charge is 0.269 e. The highest BCUT2D eigenvalue weighted by molar-refractivity contribution is 4.69. The predicted molar refractivity (Wildman–Crippen MR) is 52.6 cm³/mol. The fourth-order valence-corrected chi connectivity index (χ4v) is 1.88. The molecular formula is C10H22N2. The molecule has 0 aromatic carbocycles. The van der Waals surface area contributed by atoms with Crippen LogP contribution in [0, 0.1) is 5.92 Å². The Kier molecular flexibility index (Phi) is 4.02. The second kappa shape index (κ2) is 4.83. The molecule has 0 spiro atoms. The molecule has 0 aromatic rings. The standard InChI is InChI=1S/C10H22N2/c1-9(2)12(11)8-10-6-4-3-5-7-10/h9-10H,3-8,11H2,1-2H3. The number of nitrogens with two attached hydrogens (primary N) is 1. The Hall–Kier alpha value is -0.0800. The Morgan fingerprint density at radius 2 is 1.83 bits per heavy atom. The lowest BCUT2D eigenvalue weighted by Gasteiger charge is -2.28. The van der Waals surface area contributed by atoms with Crippen LogP contribution in [0.4, 0.5) is 0 Å².